The highest BCUT2D eigenvalue weighted by Gasteiger charge is 2.25. The van der Waals surface area contributed by atoms with Crippen molar-refractivity contribution in [1.29, 1.82) is 0 Å². The van der Waals surface area contributed by atoms with Gasteiger partial charge >= 0.3 is 0 Å². The molecule has 2 aromatic carbocycles. The number of thiophene rings is 1. The van der Waals surface area contributed by atoms with Gasteiger partial charge in [-0.05, 0) is 73.7 Å². The fourth-order valence-corrected chi connectivity index (χ4v) is 7.01. The van der Waals surface area contributed by atoms with Crippen LogP contribution in [0.25, 0.3) is 21.7 Å². The molecular weight excluding hydrogens is 537 g/mol. The number of amides is 1. The molecule has 6 rings (SSSR count). The zero-order chi connectivity index (χ0) is 24.8. The number of aryl methyl sites for hydroxylation is 2. The van der Waals surface area contributed by atoms with Gasteiger partial charge in [-0.1, -0.05) is 41.0 Å². The van der Waals surface area contributed by atoms with Gasteiger partial charge in [0.15, 0.2) is 5.16 Å². The number of carbonyl (C=O) groups is 1. The standard InChI is InChI=1S/C25H19Cl2N5O2S2/c26-14-8-10-17(11-9-14)31-22(34)21-18-6-1-2-7-19(18)36-23(21)32-24(31)29-30-25(32)35-13-20(33)28-16-5-3-4-15(27)12-16/h3-5,8-12H,1-2,6-7,13H2,(H,28,33). The zero-order valence-electron chi connectivity index (χ0n) is 18.8. The van der Waals surface area contributed by atoms with Crippen molar-refractivity contribution in [2.45, 2.75) is 30.8 Å². The third-order valence-electron chi connectivity index (χ3n) is 6.11. The van der Waals surface area contributed by atoms with E-state index in [9.17, 15) is 9.59 Å². The molecule has 0 bridgehead atoms. The van der Waals surface area contributed by atoms with E-state index in [1.54, 1.807) is 64.4 Å². The minimum absolute atomic E-state index is 0.109. The molecule has 1 amide bonds. The first-order valence-electron chi connectivity index (χ1n) is 11.4. The lowest BCUT2D eigenvalue weighted by molar-refractivity contribution is -0.113. The van der Waals surface area contributed by atoms with Crippen molar-refractivity contribution >= 4 is 73.9 Å². The fraction of sp³-hybridized carbons (Fsp3) is 0.200. The molecule has 0 unspecified atom stereocenters. The van der Waals surface area contributed by atoms with Crippen molar-refractivity contribution in [3.8, 4) is 5.69 Å². The molecule has 3 heterocycles. The zero-order valence-corrected chi connectivity index (χ0v) is 22.0. The smallest absolute Gasteiger partial charge is 0.268 e. The molecule has 1 aliphatic rings. The van der Waals surface area contributed by atoms with Crippen LogP contribution < -0.4 is 10.9 Å². The van der Waals surface area contributed by atoms with Crippen LogP contribution in [0.15, 0.2) is 58.5 Å². The van der Waals surface area contributed by atoms with E-state index in [1.165, 1.54) is 16.6 Å². The average Bonchev–Trinajstić information content (AvgIpc) is 3.46. The minimum Gasteiger partial charge on any atom is -0.325 e. The maximum absolute atomic E-state index is 13.8. The van der Waals surface area contributed by atoms with E-state index in [0.29, 0.717) is 37.7 Å². The van der Waals surface area contributed by atoms with Crippen LogP contribution in [0, 0.1) is 0 Å². The molecule has 7 nitrogen and oxygen atoms in total. The molecule has 0 spiro atoms. The van der Waals surface area contributed by atoms with Crippen LogP contribution in [0.3, 0.4) is 0 Å². The maximum atomic E-state index is 13.8. The summed E-state index contributed by atoms with van der Waals surface area (Å²) in [6, 6.07) is 14.1. The van der Waals surface area contributed by atoms with Crippen molar-refractivity contribution in [3.05, 3.63) is 79.4 Å². The summed E-state index contributed by atoms with van der Waals surface area (Å²) in [5.41, 5.74) is 2.31. The Morgan fingerprint density at radius 3 is 2.67 bits per heavy atom. The third-order valence-corrected chi connectivity index (χ3v) is 8.81. The van der Waals surface area contributed by atoms with Gasteiger partial charge in [-0.15, -0.1) is 21.5 Å². The average molecular weight is 557 g/mol. The highest BCUT2D eigenvalue weighted by molar-refractivity contribution is 7.99. The van der Waals surface area contributed by atoms with Crippen molar-refractivity contribution in [2.24, 2.45) is 0 Å². The predicted octanol–water partition coefficient (Wildman–Crippen LogP) is 6.01. The van der Waals surface area contributed by atoms with E-state index < -0.39 is 0 Å². The summed E-state index contributed by atoms with van der Waals surface area (Å²) in [6.45, 7) is 0. The molecule has 0 saturated carbocycles. The second kappa shape index (κ2) is 9.55. The minimum atomic E-state index is -0.188. The quantitative estimate of drug-likeness (QED) is 0.268. The van der Waals surface area contributed by atoms with Gasteiger partial charge in [0.25, 0.3) is 5.56 Å². The Kier molecular flexibility index (Phi) is 6.25. The number of fused-ring (bicyclic) bond motifs is 5. The molecule has 0 atom stereocenters. The topological polar surface area (TPSA) is 81.3 Å². The first kappa shape index (κ1) is 23.5. The van der Waals surface area contributed by atoms with E-state index in [0.717, 1.165) is 36.1 Å². The van der Waals surface area contributed by atoms with Crippen LogP contribution in [-0.2, 0) is 17.6 Å². The number of halogens is 2. The number of aromatic nitrogens is 4. The molecule has 0 radical (unpaired) electrons. The first-order valence-corrected chi connectivity index (χ1v) is 13.9. The molecule has 0 fully saturated rings. The van der Waals surface area contributed by atoms with Crippen molar-refractivity contribution in [3.63, 3.8) is 0 Å². The normalized spacial score (nSPS) is 13.3. The summed E-state index contributed by atoms with van der Waals surface area (Å²) in [7, 11) is 0. The lowest BCUT2D eigenvalue weighted by Gasteiger charge is -2.12. The third kappa shape index (κ3) is 4.20. The molecule has 1 N–H and O–H groups in total. The van der Waals surface area contributed by atoms with Crippen molar-refractivity contribution < 1.29 is 4.79 Å². The van der Waals surface area contributed by atoms with Crippen LogP contribution in [0.5, 0.6) is 0 Å². The van der Waals surface area contributed by atoms with Gasteiger partial charge in [0.1, 0.15) is 4.83 Å². The summed E-state index contributed by atoms with van der Waals surface area (Å²) in [5, 5.41) is 14.0. The van der Waals surface area contributed by atoms with Gasteiger partial charge in [-0.3, -0.25) is 9.59 Å². The Morgan fingerprint density at radius 2 is 1.86 bits per heavy atom. The largest absolute Gasteiger partial charge is 0.325 e. The van der Waals surface area contributed by atoms with E-state index >= 15 is 0 Å². The van der Waals surface area contributed by atoms with Gasteiger partial charge < -0.3 is 5.32 Å². The number of carbonyl (C=O) groups excluding carboxylic acids is 1. The first-order chi connectivity index (χ1) is 17.5. The number of nitrogens with zero attached hydrogens (tertiary/aromatic N) is 4. The Bertz CT molecular complexity index is 1690. The summed E-state index contributed by atoms with van der Waals surface area (Å²) in [5.74, 6) is 0.345. The van der Waals surface area contributed by atoms with Crippen LogP contribution in [-0.4, -0.2) is 30.8 Å². The van der Waals surface area contributed by atoms with Crippen LogP contribution in [0.4, 0.5) is 5.69 Å². The Balaban J connectivity index is 1.45. The number of rotatable bonds is 5. The summed E-state index contributed by atoms with van der Waals surface area (Å²) in [6.07, 6.45) is 4.01. The molecular formula is C25H19Cl2N5O2S2. The maximum Gasteiger partial charge on any atom is 0.268 e. The van der Waals surface area contributed by atoms with Gasteiger partial charge in [-0.25, -0.2) is 8.97 Å². The second-order valence-electron chi connectivity index (χ2n) is 8.47. The molecule has 5 aromatic rings. The number of anilines is 1. The van der Waals surface area contributed by atoms with E-state index in [2.05, 4.69) is 15.5 Å². The van der Waals surface area contributed by atoms with Crippen molar-refractivity contribution in [1.82, 2.24) is 19.2 Å². The van der Waals surface area contributed by atoms with Gasteiger partial charge in [0.05, 0.1) is 16.8 Å². The highest BCUT2D eigenvalue weighted by Crippen LogP contribution is 2.36. The predicted molar refractivity (Wildman–Crippen MR) is 146 cm³/mol. The molecule has 182 valence electrons. The van der Waals surface area contributed by atoms with Crippen molar-refractivity contribution in [2.75, 3.05) is 11.1 Å². The Morgan fingerprint density at radius 1 is 1.06 bits per heavy atom. The fourth-order valence-electron chi connectivity index (χ4n) is 4.53. The number of thioether (sulfide) groups is 1. The number of hydrogen-bond acceptors (Lipinski definition) is 6. The number of hydrogen-bond donors (Lipinski definition) is 1. The van der Waals surface area contributed by atoms with E-state index in [4.69, 9.17) is 23.2 Å². The lowest BCUT2D eigenvalue weighted by Crippen LogP contribution is -2.22. The van der Waals surface area contributed by atoms with Gasteiger partial charge in [-0.2, -0.15) is 0 Å². The monoisotopic (exact) mass is 555 g/mol. The molecule has 0 saturated heterocycles. The van der Waals surface area contributed by atoms with Crippen LogP contribution in [0.2, 0.25) is 10.0 Å². The summed E-state index contributed by atoms with van der Waals surface area (Å²) < 4.78 is 3.50. The molecule has 0 aliphatic heterocycles. The van der Waals surface area contributed by atoms with E-state index in [-0.39, 0.29) is 17.2 Å². The summed E-state index contributed by atoms with van der Waals surface area (Å²) >= 11 is 15.0. The summed E-state index contributed by atoms with van der Waals surface area (Å²) in [4.78, 5) is 28.6. The Labute approximate surface area is 224 Å². The molecule has 11 heteroatoms. The number of nitrogens with one attached hydrogen (secondary N) is 1. The van der Waals surface area contributed by atoms with Gasteiger partial charge in [0, 0.05) is 20.6 Å². The SMILES string of the molecule is O=C(CSc1nnc2n(-c3ccc(Cl)cc3)c(=O)c3c4c(sc3n12)CCCC4)Nc1cccc(Cl)c1. The van der Waals surface area contributed by atoms with Crippen LogP contribution >= 0.6 is 46.3 Å². The second-order valence-corrected chi connectivity index (χ2v) is 11.4. The molecule has 1 aliphatic carbocycles. The van der Waals surface area contributed by atoms with Gasteiger partial charge in [0.2, 0.25) is 11.7 Å². The highest BCUT2D eigenvalue weighted by atomic mass is 35.5. The molecule has 36 heavy (non-hydrogen) atoms. The van der Waals surface area contributed by atoms with Crippen LogP contribution in [0.1, 0.15) is 23.3 Å². The lowest BCUT2D eigenvalue weighted by atomic mass is 9.97. The molecule has 3 aromatic heterocycles. The Hall–Kier alpha value is -2.85. The van der Waals surface area contributed by atoms with E-state index in [1.807, 2.05) is 4.40 Å². The number of benzene rings is 2.